The van der Waals surface area contributed by atoms with Crippen molar-refractivity contribution < 1.29 is 14.3 Å². The molecule has 2 saturated heterocycles. The van der Waals surface area contributed by atoms with Crippen molar-refractivity contribution in [3.05, 3.63) is 0 Å². The quantitative estimate of drug-likeness (QED) is 0.746. The van der Waals surface area contributed by atoms with Gasteiger partial charge in [-0.2, -0.15) is 0 Å². The van der Waals surface area contributed by atoms with Crippen molar-refractivity contribution in [2.24, 2.45) is 17.1 Å². The van der Waals surface area contributed by atoms with Crippen LogP contribution in [0.15, 0.2) is 0 Å². The molecule has 2 N–H and O–H groups in total. The summed E-state index contributed by atoms with van der Waals surface area (Å²) < 4.78 is 11.2. The van der Waals surface area contributed by atoms with Crippen molar-refractivity contribution in [3.63, 3.8) is 0 Å². The molecule has 3 aliphatic rings. The highest BCUT2D eigenvalue weighted by Crippen LogP contribution is 2.57. The smallest absolute Gasteiger partial charge is 0.243 e. The molecule has 2 heterocycles. The molecule has 0 aromatic rings. The number of nitrogens with zero attached hydrogens (tertiary/aromatic N) is 1. The monoisotopic (exact) mass is 268 g/mol. The molecule has 5 nitrogen and oxygen atoms in total. The molecule has 19 heavy (non-hydrogen) atoms. The molecule has 0 spiro atoms. The lowest BCUT2D eigenvalue weighted by atomic mass is 9.46. The van der Waals surface area contributed by atoms with E-state index in [0.29, 0.717) is 26.3 Å². The first-order chi connectivity index (χ1) is 8.99. The van der Waals surface area contributed by atoms with Gasteiger partial charge in [0, 0.05) is 31.0 Å². The highest BCUT2D eigenvalue weighted by molar-refractivity contribution is 5.89. The van der Waals surface area contributed by atoms with Crippen LogP contribution in [0.5, 0.6) is 0 Å². The Kier molecular flexibility index (Phi) is 3.11. The van der Waals surface area contributed by atoms with Gasteiger partial charge in [0.25, 0.3) is 0 Å². The molecule has 1 amide bonds. The predicted octanol–water partition coefficient (Wildman–Crippen LogP) is 0.378. The minimum Gasteiger partial charge on any atom is -0.378 e. The number of hydrogen-bond acceptors (Lipinski definition) is 4. The fourth-order valence-electron chi connectivity index (χ4n) is 4.04. The maximum atomic E-state index is 12.9. The standard InChI is InChI=1S/C14H24N2O3/c1-13(2)11-10(4-3-7-19-11)14(13,15)12(17)16-5-8-18-9-6-16/h10-11H,3-9,15H2,1-2H3. The maximum Gasteiger partial charge on any atom is 0.243 e. The summed E-state index contributed by atoms with van der Waals surface area (Å²) in [5.74, 6) is 0.263. The molecule has 3 atom stereocenters. The molecular formula is C14H24N2O3. The molecule has 2 aliphatic heterocycles. The number of amides is 1. The Labute approximate surface area is 114 Å². The molecule has 3 unspecified atom stereocenters. The molecule has 1 saturated carbocycles. The fraction of sp³-hybridized carbons (Fsp3) is 0.929. The summed E-state index contributed by atoms with van der Waals surface area (Å²) >= 11 is 0. The van der Waals surface area contributed by atoms with E-state index in [4.69, 9.17) is 15.2 Å². The van der Waals surface area contributed by atoms with Gasteiger partial charge in [0.2, 0.25) is 5.91 Å². The lowest BCUT2D eigenvalue weighted by Gasteiger charge is -2.65. The summed E-state index contributed by atoms with van der Waals surface area (Å²) in [7, 11) is 0. The van der Waals surface area contributed by atoms with Crippen molar-refractivity contribution in [3.8, 4) is 0 Å². The van der Waals surface area contributed by atoms with Crippen LogP contribution in [-0.2, 0) is 14.3 Å². The van der Waals surface area contributed by atoms with Crippen LogP contribution < -0.4 is 5.73 Å². The molecule has 0 aromatic carbocycles. The number of nitrogens with two attached hydrogens (primary N) is 1. The van der Waals surface area contributed by atoms with E-state index in [1.165, 1.54) is 0 Å². The molecule has 0 radical (unpaired) electrons. The third kappa shape index (κ3) is 1.68. The van der Waals surface area contributed by atoms with Gasteiger partial charge in [0.05, 0.1) is 19.3 Å². The average molecular weight is 268 g/mol. The lowest BCUT2D eigenvalue weighted by Crippen LogP contribution is -2.82. The molecular weight excluding hydrogens is 244 g/mol. The number of ether oxygens (including phenoxy) is 2. The van der Waals surface area contributed by atoms with E-state index >= 15 is 0 Å². The summed E-state index contributed by atoms with van der Waals surface area (Å²) in [6.07, 6.45) is 2.14. The first-order valence-electron chi connectivity index (χ1n) is 7.27. The molecule has 108 valence electrons. The van der Waals surface area contributed by atoms with Crippen molar-refractivity contribution in [2.45, 2.75) is 38.3 Å². The summed E-state index contributed by atoms with van der Waals surface area (Å²) in [6.45, 7) is 7.49. The summed E-state index contributed by atoms with van der Waals surface area (Å²) in [5, 5.41) is 0. The van der Waals surface area contributed by atoms with Crippen LogP contribution in [0.25, 0.3) is 0 Å². The minimum atomic E-state index is -0.768. The second-order valence-corrected chi connectivity index (χ2v) is 6.54. The zero-order valence-electron chi connectivity index (χ0n) is 11.9. The van der Waals surface area contributed by atoms with Crippen LogP contribution in [0.3, 0.4) is 0 Å². The third-order valence-corrected chi connectivity index (χ3v) is 5.34. The molecule has 0 bridgehead atoms. The Morgan fingerprint density at radius 2 is 1.95 bits per heavy atom. The molecule has 1 aliphatic carbocycles. The van der Waals surface area contributed by atoms with Crippen molar-refractivity contribution >= 4 is 5.91 Å². The number of rotatable bonds is 1. The van der Waals surface area contributed by atoms with Crippen LogP contribution in [0, 0.1) is 11.3 Å². The van der Waals surface area contributed by atoms with E-state index in [1.54, 1.807) is 0 Å². The van der Waals surface area contributed by atoms with E-state index in [0.717, 1.165) is 19.4 Å². The van der Waals surface area contributed by atoms with E-state index < -0.39 is 5.54 Å². The Balaban J connectivity index is 1.82. The Hall–Kier alpha value is -0.650. The van der Waals surface area contributed by atoms with Gasteiger partial charge in [0.1, 0.15) is 5.54 Å². The number of fused-ring (bicyclic) bond motifs is 1. The van der Waals surface area contributed by atoms with E-state index in [-0.39, 0.29) is 23.3 Å². The van der Waals surface area contributed by atoms with Gasteiger partial charge in [0.15, 0.2) is 0 Å². The first-order valence-corrected chi connectivity index (χ1v) is 7.27. The van der Waals surface area contributed by atoms with E-state index in [1.807, 2.05) is 4.90 Å². The summed E-state index contributed by atoms with van der Waals surface area (Å²) in [6, 6.07) is 0. The average Bonchev–Trinajstić information content (AvgIpc) is 2.46. The van der Waals surface area contributed by atoms with Crippen molar-refractivity contribution in [2.75, 3.05) is 32.9 Å². The molecule has 3 fully saturated rings. The summed E-state index contributed by atoms with van der Waals surface area (Å²) in [5.41, 5.74) is 5.54. The minimum absolute atomic E-state index is 0.0903. The topological polar surface area (TPSA) is 64.8 Å². The normalized spacial score (nSPS) is 41.3. The van der Waals surface area contributed by atoms with Gasteiger partial charge in [-0.05, 0) is 12.8 Å². The second kappa shape index (κ2) is 4.43. The lowest BCUT2D eigenvalue weighted by molar-refractivity contribution is -0.231. The van der Waals surface area contributed by atoms with E-state index in [9.17, 15) is 4.79 Å². The first kappa shape index (κ1) is 13.3. The van der Waals surface area contributed by atoms with Gasteiger partial charge in [-0.1, -0.05) is 13.8 Å². The second-order valence-electron chi connectivity index (χ2n) is 6.54. The zero-order valence-corrected chi connectivity index (χ0v) is 11.9. The molecule has 5 heteroatoms. The van der Waals surface area contributed by atoms with Crippen molar-refractivity contribution in [1.82, 2.24) is 4.90 Å². The number of carbonyl (C=O) groups is 1. The van der Waals surface area contributed by atoms with Gasteiger partial charge >= 0.3 is 0 Å². The largest absolute Gasteiger partial charge is 0.378 e. The van der Waals surface area contributed by atoms with Crippen molar-refractivity contribution in [1.29, 1.82) is 0 Å². The predicted molar refractivity (Wildman–Crippen MR) is 70.6 cm³/mol. The van der Waals surface area contributed by atoms with Crippen LogP contribution in [0.4, 0.5) is 0 Å². The maximum absolute atomic E-state index is 12.9. The summed E-state index contributed by atoms with van der Waals surface area (Å²) in [4.78, 5) is 14.7. The van der Waals surface area contributed by atoms with Gasteiger partial charge < -0.3 is 20.1 Å². The van der Waals surface area contributed by atoms with Gasteiger partial charge in [-0.15, -0.1) is 0 Å². The fourth-order valence-corrected chi connectivity index (χ4v) is 4.04. The Morgan fingerprint density at radius 3 is 2.63 bits per heavy atom. The number of hydrogen-bond donors (Lipinski definition) is 1. The Morgan fingerprint density at radius 1 is 1.26 bits per heavy atom. The highest BCUT2D eigenvalue weighted by atomic mass is 16.5. The highest BCUT2D eigenvalue weighted by Gasteiger charge is 2.70. The van der Waals surface area contributed by atoms with E-state index in [2.05, 4.69) is 13.8 Å². The molecule has 3 rings (SSSR count). The molecule has 0 aromatic heterocycles. The number of morpholine rings is 1. The number of carbonyl (C=O) groups excluding carboxylic acids is 1. The van der Waals surface area contributed by atoms with Crippen LogP contribution in [0.2, 0.25) is 0 Å². The van der Waals surface area contributed by atoms with Gasteiger partial charge in [-0.3, -0.25) is 4.79 Å². The Bertz CT molecular complexity index is 379. The SMILES string of the molecule is CC1(C)C2OCCCC2C1(N)C(=O)N1CCOCC1. The van der Waals surface area contributed by atoms with Crippen LogP contribution in [0.1, 0.15) is 26.7 Å². The zero-order chi connectivity index (χ0) is 13.7. The van der Waals surface area contributed by atoms with Crippen LogP contribution >= 0.6 is 0 Å². The van der Waals surface area contributed by atoms with Gasteiger partial charge in [-0.25, -0.2) is 0 Å². The van der Waals surface area contributed by atoms with Crippen LogP contribution in [-0.4, -0.2) is 55.4 Å². The third-order valence-electron chi connectivity index (χ3n) is 5.34.